The first-order valence-corrected chi connectivity index (χ1v) is 8.42. The van der Waals surface area contributed by atoms with Gasteiger partial charge in [0.25, 0.3) is 0 Å². The topological polar surface area (TPSA) is 98.0 Å². The molecule has 0 aliphatic heterocycles. The van der Waals surface area contributed by atoms with E-state index in [-0.39, 0.29) is 24.6 Å². The largest absolute Gasteiger partial charge is 0.508 e. The van der Waals surface area contributed by atoms with Crippen LogP contribution < -0.4 is 5.32 Å². The van der Waals surface area contributed by atoms with E-state index < -0.39 is 6.10 Å². The number of benzene rings is 3. The fourth-order valence-electron chi connectivity index (χ4n) is 3.04. The number of fused-ring (bicyclic) bond motifs is 1. The molecule has 5 heteroatoms. The molecule has 0 fully saturated rings. The molecule has 0 saturated carbocycles. The van der Waals surface area contributed by atoms with Gasteiger partial charge in [-0.25, -0.2) is 4.79 Å². The van der Waals surface area contributed by atoms with Crippen LogP contribution in [0.25, 0.3) is 10.8 Å². The van der Waals surface area contributed by atoms with Gasteiger partial charge < -0.3 is 15.6 Å². The molecule has 0 radical (unpaired) electrons. The van der Waals surface area contributed by atoms with Crippen molar-refractivity contribution in [1.29, 1.82) is 5.41 Å². The number of aliphatic hydroxyl groups is 1. The number of rotatable bonds is 6. The van der Waals surface area contributed by atoms with Crippen LogP contribution in [0.2, 0.25) is 0 Å². The quantitative estimate of drug-likeness (QED) is 0.512. The number of carbonyl (C=O) groups excluding carboxylic acids is 1. The highest BCUT2D eigenvalue weighted by Gasteiger charge is 2.16. The molecule has 0 aliphatic carbocycles. The standard InChI is InChI=1S/C21H20N2O3/c22-12-16-9-8-14(18-6-1-2-7-19(16)18)11-21(26)23-13-20(25)15-4-3-5-17(24)10-15/h1-10,12,20,22,24-25H,11,13H2,(H,23,26)/p+1/t20-/m0/s1. The maximum Gasteiger partial charge on any atom is 0.314 e. The number of nitrogens with one attached hydrogen (secondary N) is 1. The van der Waals surface area contributed by atoms with E-state index in [1.54, 1.807) is 12.1 Å². The average Bonchev–Trinajstić information content (AvgIpc) is 2.66. The molecule has 3 rings (SSSR count). The van der Waals surface area contributed by atoms with Crippen LogP contribution >= 0.6 is 0 Å². The average molecular weight is 349 g/mol. The van der Waals surface area contributed by atoms with Crippen LogP contribution in [-0.4, -0.2) is 28.9 Å². The predicted octanol–water partition coefficient (Wildman–Crippen LogP) is 1.91. The number of quaternary nitrogens is 1. The van der Waals surface area contributed by atoms with Crippen LogP contribution in [0.4, 0.5) is 0 Å². The summed E-state index contributed by atoms with van der Waals surface area (Å²) in [5.41, 5.74) is 2.30. The van der Waals surface area contributed by atoms with Crippen molar-refractivity contribution in [1.82, 2.24) is 0 Å². The molecule has 0 bridgehead atoms. The third kappa shape index (κ3) is 3.96. The number of phenols is 1. The first-order valence-electron chi connectivity index (χ1n) is 8.42. The number of aromatic hydroxyl groups is 1. The molecule has 0 aromatic heterocycles. The lowest BCUT2D eigenvalue weighted by molar-refractivity contribution is -0.577. The molecule has 1 atom stereocenters. The maximum atomic E-state index is 12.4. The van der Waals surface area contributed by atoms with Crippen LogP contribution in [0.3, 0.4) is 0 Å². The van der Waals surface area contributed by atoms with E-state index in [9.17, 15) is 15.0 Å². The van der Waals surface area contributed by atoms with Crippen LogP contribution in [0, 0.1) is 5.41 Å². The molecule has 5 N–H and O–H groups in total. The highest BCUT2D eigenvalue weighted by Crippen LogP contribution is 2.22. The molecule has 0 saturated heterocycles. The van der Waals surface area contributed by atoms with E-state index in [1.807, 2.05) is 36.4 Å². The van der Waals surface area contributed by atoms with Crippen LogP contribution in [0.5, 0.6) is 5.75 Å². The van der Waals surface area contributed by atoms with Gasteiger partial charge in [-0.1, -0.05) is 48.5 Å². The van der Waals surface area contributed by atoms with E-state index in [0.717, 1.165) is 21.9 Å². The Morgan fingerprint density at radius 3 is 2.58 bits per heavy atom. The van der Waals surface area contributed by atoms with E-state index in [0.29, 0.717) is 5.56 Å². The minimum atomic E-state index is -0.830. The van der Waals surface area contributed by atoms with Gasteiger partial charge in [0.1, 0.15) is 18.4 Å². The summed E-state index contributed by atoms with van der Waals surface area (Å²) in [5.74, 6) is 0.0163. The van der Waals surface area contributed by atoms with Crippen LogP contribution in [-0.2, 0) is 11.2 Å². The van der Waals surface area contributed by atoms with Gasteiger partial charge in [0.15, 0.2) is 0 Å². The summed E-state index contributed by atoms with van der Waals surface area (Å²) < 4.78 is 0. The number of primary amides is 1. The van der Waals surface area contributed by atoms with Gasteiger partial charge in [-0.15, -0.1) is 0 Å². The third-order valence-corrected chi connectivity index (χ3v) is 4.39. The lowest BCUT2D eigenvalue weighted by Gasteiger charge is -2.10. The van der Waals surface area contributed by atoms with Gasteiger partial charge in [-0.05, 0) is 39.6 Å². The zero-order chi connectivity index (χ0) is 18.5. The Kier molecular flexibility index (Phi) is 5.41. The Hall–Kier alpha value is -3.02. The number of aliphatic hydroxyl groups excluding tert-OH is 1. The summed E-state index contributed by atoms with van der Waals surface area (Å²) in [6, 6.07) is 17.9. The van der Waals surface area contributed by atoms with Crippen molar-refractivity contribution in [3.8, 4) is 5.75 Å². The molecule has 3 aromatic carbocycles. The van der Waals surface area contributed by atoms with Crippen molar-refractivity contribution in [2.45, 2.75) is 12.5 Å². The van der Waals surface area contributed by atoms with E-state index in [1.165, 1.54) is 23.7 Å². The molecule has 0 aliphatic rings. The molecular formula is C21H21N2O3+. The molecule has 132 valence electrons. The van der Waals surface area contributed by atoms with Gasteiger partial charge in [-0.2, -0.15) is 0 Å². The van der Waals surface area contributed by atoms with Gasteiger partial charge >= 0.3 is 5.91 Å². The molecule has 0 unspecified atom stereocenters. The Bertz CT molecular complexity index is 953. The second-order valence-corrected chi connectivity index (χ2v) is 6.20. The second-order valence-electron chi connectivity index (χ2n) is 6.20. The summed E-state index contributed by atoms with van der Waals surface area (Å²) in [4.78, 5) is 12.4. The number of amides is 1. The van der Waals surface area contributed by atoms with Gasteiger partial charge in [0.2, 0.25) is 0 Å². The smallest absolute Gasteiger partial charge is 0.314 e. The van der Waals surface area contributed by atoms with Crippen molar-refractivity contribution in [2.75, 3.05) is 6.54 Å². The molecule has 0 heterocycles. The summed E-state index contributed by atoms with van der Waals surface area (Å²) in [6.45, 7) is 0.193. The molecule has 1 amide bonds. The molecule has 3 aromatic rings. The van der Waals surface area contributed by atoms with Crippen molar-refractivity contribution in [3.63, 3.8) is 0 Å². The van der Waals surface area contributed by atoms with Crippen LogP contribution in [0.15, 0.2) is 60.7 Å². The fraction of sp³-hybridized carbons (Fsp3) is 0.143. The van der Waals surface area contributed by atoms with Gasteiger partial charge in [0, 0.05) is 6.21 Å². The number of nitrogens with two attached hydrogens (primary N) is 1. The Morgan fingerprint density at radius 2 is 1.85 bits per heavy atom. The zero-order valence-corrected chi connectivity index (χ0v) is 14.2. The number of phenolic OH excluding ortho intramolecular Hbond substituents is 1. The third-order valence-electron chi connectivity index (χ3n) is 4.39. The Balaban J connectivity index is 1.69. The van der Waals surface area contributed by atoms with E-state index in [2.05, 4.69) is 0 Å². The highest BCUT2D eigenvalue weighted by molar-refractivity contribution is 6.01. The first-order chi connectivity index (χ1) is 12.6. The summed E-state index contributed by atoms with van der Waals surface area (Å²) in [7, 11) is 0. The fourth-order valence-corrected chi connectivity index (χ4v) is 3.04. The first kappa shape index (κ1) is 17.8. The summed E-state index contributed by atoms with van der Waals surface area (Å²) >= 11 is 0. The minimum absolute atomic E-state index is 0.0723. The number of hydrogen-bond donors (Lipinski definition) is 4. The van der Waals surface area contributed by atoms with Crippen molar-refractivity contribution < 1.29 is 20.3 Å². The second kappa shape index (κ2) is 7.91. The zero-order valence-electron chi connectivity index (χ0n) is 14.2. The molecular weight excluding hydrogens is 328 g/mol. The van der Waals surface area contributed by atoms with Crippen molar-refractivity contribution in [3.05, 3.63) is 77.4 Å². The Morgan fingerprint density at radius 1 is 1.08 bits per heavy atom. The number of carbonyl (C=O) groups is 1. The van der Waals surface area contributed by atoms with Gasteiger partial charge in [-0.3, -0.25) is 5.32 Å². The molecule has 5 nitrogen and oxygen atoms in total. The van der Waals surface area contributed by atoms with Crippen LogP contribution in [0.1, 0.15) is 22.8 Å². The Labute approximate surface area is 151 Å². The maximum absolute atomic E-state index is 12.4. The van der Waals surface area contributed by atoms with E-state index in [4.69, 9.17) is 5.41 Å². The van der Waals surface area contributed by atoms with E-state index >= 15 is 0 Å². The highest BCUT2D eigenvalue weighted by atomic mass is 16.3. The molecule has 26 heavy (non-hydrogen) atoms. The summed E-state index contributed by atoms with van der Waals surface area (Å²) in [5, 5.41) is 30.6. The normalized spacial score (nSPS) is 12.0. The lowest BCUT2D eigenvalue weighted by atomic mass is 9.98. The SMILES string of the molecule is N=Cc1ccc(CC(=O)[NH2+]C[C@H](O)c2cccc(O)c2)c2ccccc12. The minimum Gasteiger partial charge on any atom is -0.508 e. The summed E-state index contributed by atoms with van der Waals surface area (Å²) in [6.07, 6.45) is 0.722. The van der Waals surface area contributed by atoms with Crippen molar-refractivity contribution in [2.24, 2.45) is 0 Å². The number of hydrogen-bond acceptors (Lipinski definition) is 4. The van der Waals surface area contributed by atoms with Crippen molar-refractivity contribution >= 4 is 22.9 Å². The predicted molar refractivity (Wildman–Crippen MR) is 100 cm³/mol. The molecule has 0 spiro atoms. The lowest BCUT2D eigenvalue weighted by Crippen LogP contribution is -2.89. The monoisotopic (exact) mass is 349 g/mol. The van der Waals surface area contributed by atoms with Gasteiger partial charge in [0.05, 0.1) is 6.42 Å².